The topological polar surface area (TPSA) is 55.8 Å². The van der Waals surface area contributed by atoms with Gasteiger partial charge in [-0.15, -0.1) is 0 Å². The fourth-order valence-corrected chi connectivity index (χ4v) is 4.49. The number of carbonyl (C=O) groups excluding carboxylic acids is 2. The molecule has 0 fully saturated rings. The lowest BCUT2D eigenvalue weighted by molar-refractivity contribution is -0.142. The Labute approximate surface area is 195 Å². The van der Waals surface area contributed by atoms with E-state index in [4.69, 9.17) is 9.47 Å². The number of hydrogen-bond donors (Lipinski definition) is 0. The highest BCUT2D eigenvalue weighted by Crippen LogP contribution is 2.43. The number of anilines is 1. The quantitative estimate of drug-likeness (QED) is 0.390. The van der Waals surface area contributed by atoms with Gasteiger partial charge in [-0.25, -0.2) is 4.39 Å². The summed E-state index contributed by atoms with van der Waals surface area (Å²) in [7, 11) is 0. The van der Waals surface area contributed by atoms with Crippen LogP contribution in [0.2, 0.25) is 0 Å². The second-order valence-electron chi connectivity index (χ2n) is 7.99. The molecule has 0 N–H and O–H groups in total. The van der Waals surface area contributed by atoms with Gasteiger partial charge in [0.2, 0.25) is 0 Å². The highest BCUT2D eigenvalue weighted by molar-refractivity contribution is 6.16. The standard InChI is InChI=1S/C26H24F3NO4/c1-3-7-16-17-8-5-6-9-18(17)24(34-26(28)29)23-19(16)14-30(25(23)32)21-11-10-15(12-20(21)27)13-22(31)33-4-2/h5-6,8-12,26H,3-4,7,13-14H2,1-2H3. The van der Waals surface area contributed by atoms with Crippen molar-refractivity contribution < 1.29 is 32.2 Å². The van der Waals surface area contributed by atoms with Crippen LogP contribution < -0.4 is 9.64 Å². The molecule has 3 aromatic rings. The molecule has 1 amide bonds. The fraction of sp³-hybridized carbons (Fsp3) is 0.308. The molecule has 3 aromatic carbocycles. The number of benzene rings is 3. The summed E-state index contributed by atoms with van der Waals surface area (Å²) >= 11 is 0. The predicted octanol–water partition coefficient (Wildman–Crippen LogP) is 5.80. The summed E-state index contributed by atoms with van der Waals surface area (Å²) in [4.78, 5) is 26.4. The molecular weight excluding hydrogens is 447 g/mol. The molecule has 1 aliphatic rings. The third kappa shape index (κ3) is 4.32. The average molecular weight is 471 g/mol. The van der Waals surface area contributed by atoms with Crippen molar-refractivity contribution in [3.8, 4) is 5.75 Å². The van der Waals surface area contributed by atoms with Gasteiger partial charge in [0.25, 0.3) is 5.91 Å². The van der Waals surface area contributed by atoms with Crippen molar-refractivity contribution in [2.45, 2.75) is 46.3 Å². The second-order valence-corrected chi connectivity index (χ2v) is 7.99. The van der Waals surface area contributed by atoms with E-state index in [0.717, 1.165) is 17.4 Å². The Balaban J connectivity index is 1.80. The smallest absolute Gasteiger partial charge is 0.387 e. The molecule has 0 radical (unpaired) electrons. The van der Waals surface area contributed by atoms with Crippen LogP contribution in [-0.4, -0.2) is 25.1 Å². The van der Waals surface area contributed by atoms with E-state index in [-0.39, 0.29) is 36.6 Å². The molecule has 0 atom stereocenters. The van der Waals surface area contributed by atoms with Gasteiger partial charge in [0.05, 0.1) is 30.8 Å². The maximum Gasteiger partial charge on any atom is 0.387 e. The first-order chi connectivity index (χ1) is 16.3. The van der Waals surface area contributed by atoms with E-state index >= 15 is 4.39 Å². The normalized spacial score (nSPS) is 13.0. The SMILES string of the molecule is CCCc1c2c(c(OC(F)F)c3ccccc13)C(=O)N(c1ccc(CC(=O)OCC)cc1F)C2. The number of esters is 1. The molecule has 4 rings (SSSR count). The van der Waals surface area contributed by atoms with Gasteiger partial charge in [-0.1, -0.05) is 43.7 Å². The molecule has 0 aromatic heterocycles. The fourth-order valence-electron chi connectivity index (χ4n) is 4.49. The summed E-state index contributed by atoms with van der Waals surface area (Å²) < 4.78 is 51.5. The summed E-state index contributed by atoms with van der Waals surface area (Å²) in [5, 5.41) is 1.16. The molecule has 34 heavy (non-hydrogen) atoms. The van der Waals surface area contributed by atoms with Crippen LogP contribution in [0.1, 0.15) is 47.3 Å². The highest BCUT2D eigenvalue weighted by Gasteiger charge is 2.37. The van der Waals surface area contributed by atoms with E-state index in [1.807, 2.05) is 13.0 Å². The van der Waals surface area contributed by atoms with Crippen molar-refractivity contribution in [3.63, 3.8) is 0 Å². The number of alkyl halides is 2. The van der Waals surface area contributed by atoms with Gasteiger partial charge in [0, 0.05) is 5.39 Å². The van der Waals surface area contributed by atoms with Crippen molar-refractivity contribution in [1.82, 2.24) is 0 Å². The van der Waals surface area contributed by atoms with E-state index in [2.05, 4.69) is 0 Å². The molecule has 0 saturated heterocycles. The molecule has 0 aliphatic carbocycles. The van der Waals surface area contributed by atoms with Gasteiger partial charge >= 0.3 is 12.6 Å². The third-order valence-electron chi connectivity index (χ3n) is 5.83. The van der Waals surface area contributed by atoms with Crippen LogP contribution in [0.15, 0.2) is 42.5 Å². The number of halogens is 3. The first-order valence-corrected chi connectivity index (χ1v) is 11.1. The lowest BCUT2D eigenvalue weighted by Crippen LogP contribution is -2.24. The largest absolute Gasteiger partial charge is 0.466 e. The number of aryl methyl sites for hydroxylation is 1. The first kappa shape index (κ1) is 23.6. The zero-order chi connectivity index (χ0) is 24.4. The summed E-state index contributed by atoms with van der Waals surface area (Å²) in [5.74, 6) is -1.97. The minimum Gasteiger partial charge on any atom is -0.466 e. The van der Waals surface area contributed by atoms with Crippen LogP contribution in [0, 0.1) is 5.82 Å². The molecular formula is C26H24F3NO4. The molecule has 0 unspecified atom stereocenters. The lowest BCUT2D eigenvalue weighted by atomic mass is 9.92. The van der Waals surface area contributed by atoms with Crippen molar-refractivity contribution in [2.24, 2.45) is 0 Å². The van der Waals surface area contributed by atoms with Gasteiger partial charge in [0.1, 0.15) is 11.6 Å². The summed E-state index contributed by atoms with van der Waals surface area (Å²) in [5.41, 5.74) is 1.88. The zero-order valence-corrected chi connectivity index (χ0v) is 18.9. The number of carbonyl (C=O) groups is 2. The van der Waals surface area contributed by atoms with Crippen LogP contribution >= 0.6 is 0 Å². The van der Waals surface area contributed by atoms with Crippen LogP contribution in [-0.2, 0) is 28.9 Å². The van der Waals surface area contributed by atoms with Gasteiger partial charge in [-0.3, -0.25) is 9.59 Å². The molecule has 0 spiro atoms. The van der Waals surface area contributed by atoms with E-state index < -0.39 is 24.3 Å². The number of ether oxygens (including phenoxy) is 2. The van der Waals surface area contributed by atoms with Gasteiger partial charge in [-0.05, 0) is 47.6 Å². The molecule has 8 heteroatoms. The minimum atomic E-state index is -3.12. The predicted molar refractivity (Wildman–Crippen MR) is 122 cm³/mol. The van der Waals surface area contributed by atoms with E-state index in [1.165, 1.54) is 17.0 Å². The Bertz CT molecular complexity index is 1260. The first-order valence-electron chi connectivity index (χ1n) is 11.1. The minimum absolute atomic E-state index is 0.00307. The number of fused-ring (bicyclic) bond motifs is 2. The maximum atomic E-state index is 15.1. The van der Waals surface area contributed by atoms with Crippen molar-refractivity contribution in [1.29, 1.82) is 0 Å². The van der Waals surface area contributed by atoms with Gasteiger partial charge in [-0.2, -0.15) is 8.78 Å². The van der Waals surface area contributed by atoms with Crippen LogP contribution in [0.4, 0.5) is 18.9 Å². The number of hydrogen-bond acceptors (Lipinski definition) is 4. The molecule has 5 nitrogen and oxygen atoms in total. The van der Waals surface area contributed by atoms with E-state index in [9.17, 15) is 18.4 Å². The van der Waals surface area contributed by atoms with Gasteiger partial charge in [0.15, 0.2) is 0 Å². The summed E-state index contributed by atoms with van der Waals surface area (Å²) in [6.45, 7) is 0.798. The van der Waals surface area contributed by atoms with Crippen molar-refractivity contribution >= 4 is 28.3 Å². The maximum absolute atomic E-state index is 15.1. The van der Waals surface area contributed by atoms with E-state index in [1.54, 1.807) is 31.2 Å². The monoisotopic (exact) mass is 471 g/mol. The van der Waals surface area contributed by atoms with E-state index in [0.29, 0.717) is 22.9 Å². The number of amides is 1. The Kier molecular flexibility index (Phi) is 6.77. The Morgan fingerprint density at radius 3 is 2.50 bits per heavy atom. The molecule has 178 valence electrons. The average Bonchev–Trinajstić information content (AvgIpc) is 3.13. The zero-order valence-electron chi connectivity index (χ0n) is 18.9. The molecule has 0 saturated carbocycles. The highest BCUT2D eigenvalue weighted by atomic mass is 19.3. The number of nitrogens with zero attached hydrogens (tertiary/aromatic N) is 1. The van der Waals surface area contributed by atoms with Crippen LogP contribution in [0.5, 0.6) is 5.75 Å². The third-order valence-corrected chi connectivity index (χ3v) is 5.83. The lowest BCUT2D eigenvalue weighted by Gasteiger charge is -2.17. The summed E-state index contributed by atoms with van der Waals surface area (Å²) in [6, 6.07) is 11.1. The Morgan fingerprint density at radius 1 is 1.12 bits per heavy atom. The summed E-state index contributed by atoms with van der Waals surface area (Å²) in [6.07, 6.45) is 1.30. The van der Waals surface area contributed by atoms with Crippen molar-refractivity contribution in [3.05, 3.63) is 70.5 Å². The van der Waals surface area contributed by atoms with Crippen LogP contribution in [0.25, 0.3) is 10.8 Å². The molecule has 0 bridgehead atoms. The molecule has 1 heterocycles. The second kappa shape index (κ2) is 9.75. The van der Waals surface area contributed by atoms with Crippen molar-refractivity contribution in [2.75, 3.05) is 11.5 Å². The Morgan fingerprint density at radius 2 is 1.85 bits per heavy atom. The molecule has 1 aliphatic heterocycles. The Hall–Kier alpha value is -3.55. The van der Waals surface area contributed by atoms with Gasteiger partial charge < -0.3 is 14.4 Å². The number of rotatable bonds is 8. The van der Waals surface area contributed by atoms with Crippen LogP contribution in [0.3, 0.4) is 0 Å².